The average molecular weight is 170 g/mol. The molecule has 2 N–H and O–H groups in total. The third-order valence-corrected chi connectivity index (χ3v) is 1.33. The minimum atomic E-state index is -0.187. The van der Waals surface area contributed by atoms with Crippen molar-refractivity contribution in [2.75, 3.05) is 14.1 Å². The zero-order valence-electron chi connectivity index (χ0n) is 7.61. The fraction of sp³-hybridized carbons (Fsp3) is 0.714. The Morgan fingerprint density at radius 2 is 2.25 bits per heavy atom. The molecule has 0 saturated carbocycles. The maximum Gasteiger partial charge on any atom is 0.243 e. The van der Waals surface area contributed by atoms with E-state index in [1.807, 2.05) is 25.9 Å². The van der Waals surface area contributed by atoms with Gasteiger partial charge in [0.05, 0.1) is 12.6 Å². The molecule has 1 heterocycles. The van der Waals surface area contributed by atoms with Crippen LogP contribution in [0, 0.1) is 0 Å². The van der Waals surface area contributed by atoms with Crippen LogP contribution < -0.4 is 5.73 Å². The van der Waals surface area contributed by atoms with Crippen molar-refractivity contribution >= 4 is 0 Å². The van der Waals surface area contributed by atoms with Crippen LogP contribution in [0.2, 0.25) is 0 Å². The third kappa shape index (κ3) is 2.28. The lowest BCUT2D eigenvalue weighted by Gasteiger charge is -2.03. The van der Waals surface area contributed by atoms with E-state index in [0.29, 0.717) is 18.3 Å². The van der Waals surface area contributed by atoms with Gasteiger partial charge < -0.3 is 15.2 Å². The van der Waals surface area contributed by atoms with Crippen molar-refractivity contribution < 1.29 is 4.52 Å². The molecule has 0 amide bonds. The Morgan fingerprint density at radius 3 is 2.67 bits per heavy atom. The second-order valence-corrected chi connectivity index (χ2v) is 3.08. The van der Waals surface area contributed by atoms with E-state index >= 15 is 0 Å². The van der Waals surface area contributed by atoms with Gasteiger partial charge in [0.15, 0.2) is 5.82 Å². The molecule has 0 aliphatic rings. The molecule has 0 bridgehead atoms. The lowest BCUT2D eigenvalue weighted by molar-refractivity contribution is 0.340. The lowest BCUT2D eigenvalue weighted by Crippen LogP contribution is -2.12. The van der Waals surface area contributed by atoms with Crippen molar-refractivity contribution in [3.05, 3.63) is 11.7 Å². The summed E-state index contributed by atoms with van der Waals surface area (Å²) < 4.78 is 4.91. The first kappa shape index (κ1) is 9.15. The van der Waals surface area contributed by atoms with Gasteiger partial charge in [-0.2, -0.15) is 4.98 Å². The topological polar surface area (TPSA) is 68.2 Å². The van der Waals surface area contributed by atoms with Crippen molar-refractivity contribution in [3.8, 4) is 0 Å². The van der Waals surface area contributed by atoms with Crippen molar-refractivity contribution in [3.63, 3.8) is 0 Å². The summed E-state index contributed by atoms with van der Waals surface area (Å²) in [5.41, 5.74) is 5.55. The minimum absolute atomic E-state index is 0.187. The van der Waals surface area contributed by atoms with Gasteiger partial charge in [0, 0.05) is 0 Å². The quantitative estimate of drug-likeness (QED) is 0.699. The maximum atomic E-state index is 5.55. The Labute approximate surface area is 71.5 Å². The summed E-state index contributed by atoms with van der Waals surface area (Å²) in [7, 11) is 3.89. The Hall–Kier alpha value is -0.940. The predicted molar refractivity (Wildman–Crippen MR) is 44.3 cm³/mol. The summed E-state index contributed by atoms with van der Waals surface area (Å²) >= 11 is 0. The molecule has 5 nitrogen and oxygen atoms in total. The standard InChI is InChI=1S/C7H14N4O/c1-5(8)7-9-6(10-12-7)4-11(2)3/h5H,4,8H2,1-3H3/t5-/m0/s1. The van der Waals surface area contributed by atoms with Crippen LogP contribution in [-0.4, -0.2) is 29.1 Å². The highest BCUT2D eigenvalue weighted by Gasteiger charge is 2.09. The van der Waals surface area contributed by atoms with Gasteiger partial charge in [-0.05, 0) is 21.0 Å². The van der Waals surface area contributed by atoms with E-state index in [1.165, 1.54) is 0 Å². The monoisotopic (exact) mass is 170 g/mol. The van der Waals surface area contributed by atoms with Crippen LogP contribution in [0.15, 0.2) is 4.52 Å². The molecule has 0 fully saturated rings. The molecule has 0 aliphatic carbocycles. The minimum Gasteiger partial charge on any atom is -0.338 e. The molecule has 1 atom stereocenters. The summed E-state index contributed by atoms with van der Waals surface area (Å²) in [6, 6.07) is -0.187. The van der Waals surface area contributed by atoms with E-state index in [-0.39, 0.29) is 6.04 Å². The summed E-state index contributed by atoms with van der Waals surface area (Å²) in [6.07, 6.45) is 0. The van der Waals surface area contributed by atoms with Crippen LogP contribution >= 0.6 is 0 Å². The Morgan fingerprint density at radius 1 is 1.58 bits per heavy atom. The molecule has 0 aromatic carbocycles. The summed E-state index contributed by atoms with van der Waals surface area (Å²) in [5.74, 6) is 1.17. The predicted octanol–water partition coefficient (Wildman–Crippen LogP) is 0.151. The Balaban J connectivity index is 2.64. The first-order chi connectivity index (χ1) is 5.59. The largest absolute Gasteiger partial charge is 0.338 e. The molecule has 1 aromatic heterocycles. The molecule has 0 aliphatic heterocycles. The van der Waals surface area contributed by atoms with Crippen molar-refractivity contribution in [2.24, 2.45) is 5.73 Å². The normalized spacial score (nSPS) is 13.8. The zero-order valence-corrected chi connectivity index (χ0v) is 7.61. The van der Waals surface area contributed by atoms with Crippen LogP contribution in [-0.2, 0) is 6.54 Å². The molecule has 5 heteroatoms. The maximum absolute atomic E-state index is 5.55. The van der Waals surface area contributed by atoms with Gasteiger partial charge in [-0.1, -0.05) is 5.16 Å². The summed E-state index contributed by atoms with van der Waals surface area (Å²) in [6.45, 7) is 2.49. The highest BCUT2D eigenvalue weighted by Crippen LogP contribution is 2.06. The molecular formula is C7H14N4O. The summed E-state index contributed by atoms with van der Waals surface area (Å²) in [4.78, 5) is 6.07. The van der Waals surface area contributed by atoms with E-state index in [2.05, 4.69) is 10.1 Å². The second kappa shape index (κ2) is 3.64. The molecule has 0 spiro atoms. The van der Waals surface area contributed by atoms with Crippen LogP contribution in [0.5, 0.6) is 0 Å². The number of nitrogens with two attached hydrogens (primary N) is 1. The first-order valence-electron chi connectivity index (χ1n) is 3.82. The van der Waals surface area contributed by atoms with E-state index < -0.39 is 0 Å². The number of rotatable bonds is 3. The van der Waals surface area contributed by atoms with Gasteiger partial charge in [-0.15, -0.1) is 0 Å². The molecule has 68 valence electrons. The molecule has 12 heavy (non-hydrogen) atoms. The van der Waals surface area contributed by atoms with Gasteiger partial charge in [0.1, 0.15) is 0 Å². The zero-order chi connectivity index (χ0) is 9.14. The molecule has 1 rings (SSSR count). The fourth-order valence-corrected chi connectivity index (χ4v) is 0.799. The second-order valence-electron chi connectivity index (χ2n) is 3.08. The number of aromatic nitrogens is 2. The van der Waals surface area contributed by atoms with Crippen molar-refractivity contribution in [2.45, 2.75) is 19.5 Å². The number of nitrogens with zero attached hydrogens (tertiary/aromatic N) is 3. The van der Waals surface area contributed by atoms with Gasteiger partial charge in [-0.25, -0.2) is 0 Å². The van der Waals surface area contributed by atoms with Crippen molar-refractivity contribution in [1.82, 2.24) is 15.0 Å². The van der Waals surface area contributed by atoms with Gasteiger partial charge >= 0.3 is 0 Å². The van der Waals surface area contributed by atoms with Crippen LogP contribution in [0.25, 0.3) is 0 Å². The number of hydrogen-bond acceptors (Lipinski definition) is 5. The van der Waals surface area contributed by atoms with E-state index in [9.17, 15) is 0 Å². The third-order valence-electron chi connectivity index (χ3n) is 1.33. The van der Waals surface area contributed by atoms with Crippen LogP contribution in [0.4, 0.5) is 0 Å². The van der Waals surface area contributed by atoms with E-state index in [4.69, 9.17) is 10.3 Å². The average Bonchev–Trinajstić information content (AvgIpc) is 2.34. The SMILES string of the molecule is C[C@H](N)c1nc(CN(C)C)no1. The molecule has 0 saturated heterocycles. The molecular weight excluding hydrogens is 156 g/mol. The smallest absolute Gasteiger partial charge is 0.243 e. The number of hydrogen-bond donors (Lipinski definition) is 1. The van der Waals surface area contributed by atoms with Crippen LogP contribution in [0.3, 0.4) is 0 Å². The molecule has 0 radical (unpaired) electrons. The first-order valence-corrected chi connectivity index (χ1v) is 3.82. The van der Waals surface area contributed by atoms with E-state index in [0.717, 1.165) is 0 Å². The highest BCUT2D eigenvalue weighted by molar-refractivity contribution is 4.89. The Kier molecular flexibility index (Phi) is 2.78. The molecule has 0 unspecified atom stereocenters. The lowest BCUT2D eigenvalue weighted by atomic mass is 10.4. The van der Waals surface area contributed by atoms with Gasteiger partial charge in [0.2, 0.25) is 5.89 Å². The highest BCUT2D eigenvalue weighted by atomic mass is 16.5. The summed E-state index contributed by atoms with van der Waals surface area (Å²) in [5, 5.41) is 3.77. The van der Waals surface area contributed by atoms with Gasteiger partial charge in [-0.3, -0.25) is 0 Å². The van der Waals surface area contributed by atoms with E-state index in [1.54, 1.807) is 0 Å². The van der Waals surface area contributed by atoms with Gasteiger partial charge in [0.25, 0.3) is 0 Å². The Bertz CT molecular complexity index is 243. The fourth-order valence-electron chi connectivity index (χ4n) is 0.799. The van der Waals surface area contributed by atoms with Crippen molar-refractivity contribution in [1.29, 1.82) is 0 Å². The van der Waals surface area contributed by atoms with Crippen LogP contribution in [0.1, 0.15) is 24.7 Å². The molecule has 1 aromatic rings.